The summed E-state index contributed by atoms with van der Waals surface area (Å²) in [5, 5.41) is 3.18. The lowest BCUT2D eigenvalue weighted by molar-refractivity contribution is -0.116. The molecule has 0 atom stereocenters. The third-order valence-electron chi connectivity index (χ3n) is 4.08. The second kappa shape index (κ2) is 8.23. The molecule has 0 fully saturated rings. The Labute approximate surface area is 157 Å². The molecule has 0 bridgehead atoms. The summed E-state index contributed by atoms with van der Waals surface area (Å²) < 4.78 is 11.2. The maximum atomic E-state index is 13.0. The minimum Gasteiger partial charge on any atom is -0.486 e. The first kappa shape index (κ1) is 18.3. The van der Waals surface area contributed by atoms with Crippen molar-refractivity contribution in [2.45, 2.75) is 26.2 Å². The zero-order valence-electron chi connectivity index (χ0n) is 14.5. The fraction of sp³-hybridized carbons (Fsp3) is 0.300. The Balaban J connectivity index is 2.00. The van der Waals surface area contributed by atoms with Crippen LogP contribution in [-0.2, 0) is 4.79 Å². The number of ketones is 1. The first-order chi connectivity index (χ1) is 12.6. The molecule has 2 aromatic carbocycles. The Hall–Kier alpha value is -2.53. The minimum absolute atomic E-state index is 0.142. The number of unbranched alkanes of at least 4 members (excludes halogenated alkanes) is 1. The maximum absolute atomic E-state index is 13.0. The van der Waals surface area contributed by atoms with Crippen LogP contribution in [-0.4, -0.2) is 24.9 Å². The summed E-state index contributed by atoms with van der Waals surface area (Å²) in [6, 6.07) is 10.1. The van der Waals surface area contributed by atoms with Gasteiger partial charge in [-0.2, -0.15) is 0 Å². The van der Waals surface area contributed by atoms with Gasteiger partial charge in [0.2, 0.25) is 5.91 Å². The lowest BCUT2D eigenvalue weighted by Gasteiger charge is -2.21. The summed E-state index contributed by atoms with van der Waals surface area (Å²) in [5.74, 6) is 0.575. The summed E-state index contributed by atoms with van der Waals surface area (Å²) in [4.78, 5) is 25.2. The SMILES string of the molecule is CCCCC(=O)Nc1cc2c(cc1C(=O)c1ccccc1Cl)OCCO2. The predicted molar refractivity (Wildman–Crippen MR) is 100 cm³/mol. The third kappa shape index (κ3) is 3.99. The Morgan fingerprint density at radius 1 is 1.08 bits per heavy atom. The van der Waals surface area contributed by atoms with Crippen molar-refractivity contribution in [2.75, 3.05) is 18.5 Å². The van der Waals surface area contributed by atoms with Crippen LogP contribution in [0.25, 0.3) is 0 Å². The van der Waals surface area contributed by atoms with E-state index in [1.807, 2.05) is 6.92 Å². The minimum atomic E-state index is -0.279. The molecule has 3 rings (SSSR count). The number of benzene rings is 2. The highest BCUT2D eigenvalue weighted by Crippen LogP contribution is 2.37. The van der Waals surface area contributed by atoms with E-state index in [-0.39, 0.29) is 11.7 Å². The molecule has 2 aromatic rings. The molecule has 0 aliphatic carbocycles. The van der Waals surface area contributed by atoms with Crippen LogP contribution in [0.4, 0.5) is 5.69 Å². The molecule has 1 heterocycles. The smallest absolute Gasteiger partial charge is 0.224 e. The molecule has 26 heavy (non-hydrogen) atoms. The third-order valence-corrected chi connectivity index (χ3v) is 4.41. The van der Waals surface area contributed by atoms with E-state index in [0.29, 0.717) is 53.0 Å². The summed E-state index contributed by atoms with van der Waals surface area (Å²) in [6.07, 6.45) is 2.09. The number of fused-ring (bicyclic) bond motifs is 1. The van der Waals surface area contributed by atoms with Crippen LogP contribution in [0, 0.1) is 0 Å². The zero-order chi connectivity index (χ0) is 18.5. The van der Waals surface area contributed by atoms with Crippen LogP contribution in [0.15, 0.2) is 36.4 Å². The van der Waals surface area contributed by atoms with E-state index < -0.39 is 0 Å². The quantitative estimate of drug-likeness (QED) is 0.758. The average Bonchev–Trinajstić information content (AvgIpc) is 2.65. The summed E-state index contributed by atoms with van der Waals surface area (Å²) in [6.45, 7) is 2.85. The van der Waals surface area contributed by atoms with Gasteiger partial charge in [0.1, 0.15) is 13.2 Å². The molecule has 1 aliphatic rings. The molecule has 0 aromatic heterocycles. The number of amides is 1. The molecule has 1 aliphatic heterocycles. The van der Waals surface area contributed by atoms with Crippen molar-refractivity contribution in [3.05, 3.63) is 52.5 Å². The number of hydrogen-bond donors (Lipinski definition) is 1. The number of carbonyl (C=O) groups is 2. The van der Waals surface area contributed by atoms with Gasteiger partial charge >= 0.3 is 0 Å². The Kier molecular flexibility index (Phi) is 5.78. The lowest BCUT2D eigenvalue weighted by Crippen LogP contribution is -2.19. The van der Waals surface area contributed by atoms with Gasteiger partial charge < -0.3 is 14.8 Å². The van der Waals surface area contributed by atoms with Crippen molar-refractivity contribution in [1.29, 1.82) is 0 Å². The van der Waals surface area contributed by atoms with Gasteiger partial charge in [0.25, 0.3) is 0 Å². The molecule has 0 saturated carbocycles. The first-order valence-electron chi connectivity index (χ1n) is 8.63. The fourth-order valence-electron chi connectivity index (χ4n) is 2.72. The van der Waals surface area contributed by atoms with E-state index in [1.54, 1.807) is 36.4 Å². The van der Waals surface area contributed by atoms with E-state index in [2.05, 4.69) is 5.32 Å². The zero-order valence-corrected chi connectivity index (χ0v) is 15.3. The first-order valence-corrected chi connectivity index (χ1v) is 9.00. The number of carbonyl (C=O) groups excluding carboxylic acids is 2. The van der Waals surface area contributed by atoms with Gasteiger partial charge in [-0.15, -0.1) is 0 Å². The molecule has 0 radical (unpaired) electrons. The van der Waals surface area contributed by atoms with Gasteiger partial charge in [0.15, 0.2) is 17.3 Å². The van der Waals surface area contributed by atoms with Crippen molar-refractivity contribution < 1.29 is 19.1 Å². The number of rotatable bonds is 6. The van der Waals surface area contributed by atoms with E-state index >= 15 is 0 Å². The normalized spacial score (nSPS) is 12.5. The number of halogens is 1. The summed E-state index contributed by atoms with van der Waals surface area (Å²) in [7, 11) is 0. The van der Waals surface area contributed by atoms with Gasteiger partial charge in [-0.05, 0) is 24.6 Å². The predicted octanol–water partition coefficient (Wildman–Crippen LogP) is 4.47. The van der Waals surface area contributed by atoms with Gasteiger partial charge in [0, 0.05) is 18.1 Å². The molecule has 136 valence electrons. The highest BCUT2D eigenvalue weighted by atomic mass is 35.5. The van der Waals surface area contributed by atoms with Crippen LogP contribution < -0.4 is 14.8 Å². The monoisotopic (exact) mass is 373 g/mol. The molecule has 1 N–H and O–H groups in total. The number of hydrogen-bond acceptors (Lipinski definition) is 4. The van der Waals surface area contributed by atoms with E-state index in [9.17, 15) is 9.59 Å². The molecule has 0 saturated heterocycles. The summed E-state index contributed by atoms with van der Waals surface area (Å²) >= 11 is 6.17. The topological polar surface area (TPSA) is 64.6 Å². The van der Waals surface area contributed by atoms with Crippen LogP contribution in [0.3, 0.4) is 0 Å². The van der Waals surface area contributed by atoms with Gasteiger partial charge in [0.05, 0.1) is 16.3 Å². The van der Waals surface area contributed by atoms with E-state index in [0.717, 1.165) is 12.8 Å². The molecule has 1 amide bonds. The number of anilines is 1. The lowest BCUT2D eigenvalue weighted by atomic mass is 10.0. The highest BCUT2D eigenvalue weighted by molar-refractivity contribution is 6.35. The Morgan fingerprint density at radius 2 is 1.77 bits per heavy atom. The Morgan fingerprint density at radius 3 is 2.46 bits per heavy atom. The molecular weight excluding hydrogens is 354 g/mol. The second-order valence-electron chi connectivity index (χ2n) is 6.00. The number of nitrogens with one attached hydrogen (secondary N) is 1. The molecule has 0 spiro atoms. The fourth-order valence-corrected chi connectivity index (χ4v) is 2.94. The number of ether oxygens (including phenoxy) is 2. The van der Waals surface area contributed by atoms with E-state index in [4.69, 9.17) is 21.1 Å². The van der Waals surface area contributed by atoms with Crippen molar-refractivity contribution in [3.8, 4) is 11.5 Å². The second-order valence-corrected chi connectivity index (χ2v) is 6.41. The molecular formula is C20H20ClNO4. The van der Waals surface area contributed by atoms with Gasteiger partial charge in [-0.3, -0.25) is 9.59 Å². The summed E-state index contributed by atoms with van der Waals surface area (Å²) in [5.41, 5.74) is 1.10. The highest BCUT2D eigenvalue weighted by Gasteiger charge is 2.23. The van der Waals surface area contributed by atoms with Gasteiger partial charge in [-0.1, -0.05) is 37.1 Å². The average molecular weight is 374 g/mol. The van der Waals surface area contributed by atoms with Crippen molar-refractivity contribution >= 4 is 29.0 Å². The molecule has 6 heteroatoms. The van der Waals surface area contributed by atoms with Gasteiger partial charge in [-0.25, -0.2) is 0 Å². The van der Waals surface area contributed by atoms with Crippen LogP contribution in [0.5, 0.6) is 11.5 Å². The molecule has 0 unspecified atom stereocenters. The maximum Gasteiger partial charge on any atom is 0.224 e. The largest absolute Gasteiger partial charge is 0.486 e. The van der Waals surface area contributed by atoms with Crippen LogP contribution >= 0.6 is 11.6 Å². The van der Waals surface area contributed by atoms with Crippen molar-refractivity contribution in [1.82, 2.24) is 0 Å². The standard InChI is InChI=1S/C20H20ClNO4/c1-2-3-8-19(23)22-16-12-18-17(25-9-10-26-18)11-14(16)20(24)13-6-4-5-7-15(13)21/h4-7,11-12H,2-3,8-10H2,1H3,(H,22,23). The van der Waals surface area contributed by atoms with E-state index in [1.165, 1.54) is 0 Å². The Bertz CT molecular complexity index is 835. The van der Waals surface area contributed by atoms with Crippen molar-refractivity contribution in [2.24, 2.45) is 0 Å². The van der Waals surface area contributed by atoms with Crippen LogP contribution in [0.2, 0.25) is 5.02 Å². The van der Waals surface area contributed by atoms with Crippen molar-refractivity contribution in [3.63, 3.8) is 0 Å². The van der Waals surface area contributed by atoms with Crippen LogP contribution in [0.1, 0.15) is 42.1 Å². The molecule has 5 nitrogen and oxygen atoms in total.